The molecule has 0 bridgehead atoms. The molecule has 0 aliphatic rings. The van der Waals surface area contributed by atoms with Gasteiger partial charge in [-0.1, -0.05) is 30.3 Å². The number of carbonyl (C=O) groups excluding carboxylic acids is 2. The Bertz CT molecular complexity index is 1110. The third kappa shape index (κ3) is 6.41. The Balaban J connectivity index is 1.67. The number of esters is 1. The van der Waals surface area contributed by atoms with Gasteiger partial charge in [0.25, 0.3) is 5.91 Å². The third-order valence-corrected chi connectivity index (χ3v) is 4.55. The maximum Gasteiger partial charge on any atom is 0.343 e. The first-order valence-electron chi connectivity index (χ1n) is 10.2. The molecule has 0 heterocycles. The van der Waals surface area contributed by atoms with Crippen LogP contribution < -0.4 is 19.6 Å². The van der Waals surface area contributed by atoms with Gasteiger partial charge in [0.15, 0.2) is 17.6 Å². The van der Waals surface area contributed by atoms with E-state index in [0.717, 1.165) is 0 Å². The topological polar surface area (TPSA) is 106 Å². The first-order chi connectivity index (χ1) is 16.0. The molecule has 0 fully saturated rings. The average molecular weight is 448 g/mol. The Kier molecular flexibility index (Phi) is 8.15. The summed E-state index contributed by atoms with van der Waals surface area (Å²) in [6, 6.07) is 20.0. The molecule has 8 nitrogen and oxygen atoms in total. The van der Waals surface area contributed by atoms with Crippen LogP contribution in [0.2, 0.25) is 0 Å². The summed E-state index contributed by atoms with van der Waals surface area (Å²) in [5.74, 6) is 0.0283. The molecule has 8 heteroatoms. The molecule has 0 radical (unpaired) electrons. The van der Waals surface area contributed by atoms with Crippen LogP contribution in [0.3, 0.4) is 0 Å². The molecule has 0 spiro atoms. The molecule has 3 aromatic carbocycles. The number of amides is 1. The second-order valence-electron chi connectivity index (χ2n) is 6.80. The summed E-state index contributed by atoms with van der Waals surface area (Å²) in [5, 5.41) is 14.0. The zero-order chi connectivity index (χ0) is 23.6. The van der Waals surface area contributed by atoms with Gasteiger partial charge in [-0.05, 0) is 60.5 Å². The predicted octanol–water partition coefficient (Wildman–Crippen LogP) is 3.50. The number of carbonyl (C=O) groups is 2. The molecule has 3 aromatic rings. The van der Waals surface area contributed by atoms with Gasteiger partial charge in [0.1, 0.15) is 5.75 Å². The van der Waals surface area contributed by atoms with Gasteiger partial charge in [-0.25, -0.2) is 10.2 Å². The SMILES string of the molecule is CCOc1cc(/C=N/NC(=O)C(O)c2ccccc2)ccc1OC(=O)c1ccc(OC)cc1. The number of rotatable bonds is 9. The van der Waals surface area contributed by atoms with E-state index in [4.69, 9.17) is 14.2 Å². The third-order valence-electron chi connectivity index (χ3n) is 4.55. The normalized spacial score (nSPS) is 11.6. The standard InChI is InChI=1S/C25H24N2O6/c1-3-32-22-15-17(16-26-27-24(29)23(28)18-7-5-4-6-8-18)9-14-21(22)33-25(30)19-10-12-20(31-2)13-11-19/h4-16,23,28H,3H2,1-2H3,(H,27,29)/b26-16+. The van der Waals surface area contributed by atoms with Crippen LogP contribution in [-0.2, 0) is 4.79 Å². The quantitative estimate of drug-likeness (QED) is 0.225. The van der Waals surface area contributed by atoms with E-state index in [0.29, 0.717) is 34.8 Å². The highest BCUT2D eigenvalue weighted by Gasteiger charge is 2.16. The molecule has 1 unspecified atom stereocenters. The fraction of sp³-hybridized carbons (Fsp3) is 0.160. The number of nitrogens with zero attached hydrogens (tertiary/aromatic N) is 1. The van der Waals surface area contributed by atoms with Crippen LogP contribution >= 0.6 is 0 Å². The maximum absolute atomic E-state index is 12.5. The van der Waals surface area contributed by atoms with Crippen molar-refractivity contribution in [2.45, 2.75) is 13.0 Å². The number of benzene rings is 3. The van der Waals surface area contributed by atoms with Crippen LogP contribution in [0.4, 0.5) is 0 Å². The van der Waals surface area contributed by atoms with Crippen LogP contribution in [0.25, 0.3) is 0 Å². The Hall–Kier alpha value is -4.17. The lowest BCUT2D eigenvalue weighted by atomic mass is 10.1. The number of aliphatic hydroxyl groups is 1. The highest BCUT2D eigenvalue weighted by molar-refractivity contribution is 5.92. The van der Waals surface area contributed by atoms with Gasteiger partial charge in [-0.15, -0.1) is 0 Å². The van der Waals surface area contributed by atoms with E-state index in [1.54, 1.807) is 86.8 Å². The number of ether oxygens (including phenoxy) is 3. The zero-order valence-electron chi connectivity index (χ0n) is 18.2. The minimum atomic E-state index is -1.33. The van der Waals surface area contributed by atoms with Crippen molar-refractivity contribution in [1.82, 2.24) is 5.43 Å². The summed E-state index contributed by atoms with van der Waals surface area (Å²) in [7, 11) is 1.55. The van der Waals surface area contributed by atoms with Gasteiger partial charge in [0.2, 0.25) is 0 Å². The lowest BCUT2D eigenvalue weighted by Crippen LogP contribution is -2.25. The molecular formula is C25H24N2O6. The molecule has 0 aliphatic carbocycles. The van der Waals surface area contributed by atoms with Crippen molar-refractivity contribution < 1.29 is 28.9 Å². The van der Waals surface area contributed by atoms with Crippen molar-refractivity contribution in [2.75, 3.05) is 13.7 Å². The average Bonchev–Trinajstić information content (AvgIpc) is 2.85. The second kappa shape index (κ2) is 11.4. The molecule has 1 amide bonds. The van der Waals surface area contributed by atoms with Crippen LogP contribution in [0.1, 0.15) is 34.5 Å². The number of hydrogen-bond donors (Lipinski definition) is 2. The molecule has 0 aliphatic heterocycles. The van der Waals surface area contributed by atoms with E-state index in [2.05, 4.69) is 10.5 Å². The Morgan fingerprint density at radius 3 is 2.42 bits per heavy atom. The fourth-order valence-corrected chi connectivity index (χ4v) is 2.86. The number of aliphatic hydroxyl groups excluding tert-OH is 1. The number of nitrogens with one attached hydrogen (secondary N) is 1. The lowest BCUT2D eigenvalue weighted by Gasteiger charge is -2.12. The monoisotopic (exact) mass is 448 g/mol. The highest BCUT2D eigenvalue weighted by atomic mass is 16.6. The van der Waals surface area contributed by atoms with Gasteiger partial charge < -0.3 is 19.3 Å². The molecule has 1 atom stereocenters. The summed E-state index contributed by atoms with van der Waals surface area (Å²) in [5.41, 5.74) is 3.73. The van der Waals surface area contributed by atoms with Gasteiger partial charge in [0, 0.05) is 0 Å². The van der Waals surface area contributed by atoms with E-state index < -0.39 is 18.0 Å². The van der Waals surface area contributed by atoms with E-state index in [1.165, 1.54) is 6.21 Å². The van der Waals surface area contributed by atoms with Crippen LogP contribution in [0, 0.1) is 0 Å². The van der Waals surface area contributed by atoms with Crippen molar-refractivity contribution in [3.05, 3.63) is 89.5 Å². The van der Waals surface area contributed by atoms with Gasteiger partial charge in [-0.3, -0.25) is 4.79 Å². The molecule has 33 heavy (non-hydrogen) atoms. The minimum absolute atomic E-state index is 0.248. The summed E-state index contributed by atoms with van der Waals surface area (Å²) < 4.78 is 16.2. The van der Waals surface area contributed by atoms with Gasteiger partial charge in [0.05, 0.1) is 25.5 Å². The minimum Gasteiger partial charge on any atom is -0.497 e. The number of methoxy groups -OCH3 is 1. The van der Waals surface area contributed by atoms with Crippen molar-refractivity contribution in [2.24, 2.45) is 5.10 Å². The zero-order valence-corrected chi connectivity index (χ0v) is 18.2. The summed E-state index contributed by atoms with van der Waals surface area (Å²) in [6.07, 6.45) is 0.0646. The van der Waals surface area contributed by atoms with Gasteiger partial charge >= 0.3 is 5.97 Å². The summed E-state index contributed by atoms with van der Waals surface area (Å²) in [6.45, 7) is 2.16. The number of hydrogen-bond acceptors (Lipinski definition) is 7. The molecule has 2 N–H and O–H groups in total. The molecule has 0 saturated carbocycles. The van der Waals surface area contributed by atoms with Crippen LogP contribution in [-0.4, -0.2) is 36.9 Å². The largest absolute Gasteiger partial charge is 0.497 e. The van der Waals surface area contributed by atoms with Crippen molar-refractivity contribution in [3.63, 3.8) is 0 Å². The van der Waals surface area contributed by atoms with Crippen molar-refractivity contribution in [1.29, 1.82) is 0 Å². The van der Waals surface area contributed by atoms with E-state index in [1.807, 2.05) is 0 Å². The van der Waals surface area contributed by atoms with Gasteiger partial charge in [-0.2, -0.15) is 5.10 Å². The molecule has 3 rings (SSSR count). The lowest BCUT2D eigenvalue weighted by molar-refractivity contribution is -0.129. The first-order valence-corrected chi connectivity index (χ1v) is 10.2. The molecule has 0 aromatic heterocycles. The Labute approximate surface area is 191 Å². The smallest absolute Gasteiger partial charge is 0.343 e. The fourth-order valence-electron chi connectivity index (χ4n) is 2.86. The molecule has 0 saturated heterocycles. The Morgan fingerprint density at radius 1 is 1.03 bits per heavy atom. The molecule has 170 valence electrons. The number of hydrazone groups is 1. The highest BCUT2D eigenvalue weighted by Crippen LogP contribution is 2.29. The van der Waals surface area contributed by atoms with E-state index in [-0.39, 0.29) is 5.75 Å². The second-order valence-corrected chi connectivity index (χ2v) is 6.80. The van der Waals surface area contributed by atoms with E-state index in [9.17, 15) is 14.7 Å². The summed E-state index contributed by atoms with van der Waals surface area (Å²) >= 11 is 0. The van der Waals surface area contributed by atoms with Crippen molar-refractivity contribution >= 4 is 18.1 Å². The van der Waals surface area contributed by atoms with Crippen LogP contribution in [0.5, 0.6) is 17.2 Å². The molecular weight excluding hydrogens is 424 g/mol. The van der Waals surface area contributed by atoms with Crippen molar-refractivity contribution in [3.8, 4) is 17.2 Å². The Morgan fingerprint density at radius 2 is 1.76 bits per heavy atom. The summed E-state index contributed by atoms with van der Waals surface area (Å²) in [4.78, 5) is 24.6. The van der Waals surface area contributed by atoms with Crippen LogP contribution in [0.15, 0.2) is 77.9 Å². The van der Waals surface area contributed by atoms with E-state index >= 15 is 0 Å². The first kappa shape index (κ1) is 23.5. The predicted molar refractivity (Wildman–Crippen MR) is 123 cm³/mol. The maximum atomic E-state index is 12.5.